The molecule has 0 radical (unpaired) electrons. The van der Waals surface area contributed by atoms with Crippen LogP contribution in [0.1, 0.15) is 16.8 Å². The molecule has 0 unspecified atom stereocenters. The average molecular weight is 292 g/mol. The van der Waals surface area contributed by atoms with Gasteiger partial charge in [-0.1, -0.05) is 0 Å². The molecule has 0 saturated heterocycles. The van der Waals surface area contributed by atoms with E-state index >= 15 is 0 Å². The van der Waals surface area contributed by atoms with Gasteiger partial charge in [0.2, 0.25) is 0 Å². The minimum Gasteiger partial charge on any atom is -0.496 e. The number of methoxy groups -OCH3 is 1. The highest BCUT2D eigenvalue weighted by Gasteiger charge is 2.10. The van der Waals surface area contributed by atoms with Crippen molar-refractivity contribution >= 4 is 17.4 Å². The maximum Gasteiger partial charge on any atom is 0.128 e. The molecule has 0 aliphatic carbocycles. The van der Waals surface area contributed by atoms with Crippen molar-refractivity contribution in [3.63, 3.8) is 0 Å². The molecule has 0 bridgehead atoms. The zero-order valence-corrected chi connectivity index (χ0v) is 12.6. The number of aromatic nitrogens is 1. The third-order valence-corrected chi connectivity index (χ3v) is 4.01. The monoisotopic (exact) mass is 292 g/mol. The van der Waals surface area contributed by atoms with Crippen LogP contribution in [0.5, 0.6) is 5.75 Å². The van der Waals surface area contributed by atoms with Gasteiger partial charge in [0.1, 0.15) is 11.6 Å². The van der Waals surface area contributed by atoms with Gasteiger partial charge < -0.3 is 10.5 Å². The van der Waals surface area contributed by atoms with Crippen molar-refractivity contribution in [3.8, 4) is 5.75 Å². The Bertz CT molecular complexity index is 611. The molecule has 106 valence electrons. The van der Waals surface area contributed by atoms with Crippen LogP contribution in [-0.4, -0.2) is 12.1 Å². The fraction of sp³-hybridized carbons (Fsp3) is 0.267. The van der Waals surface area contributed by atoms with Crippen LogP contribution in [0.15, 0.2) is 29.3 Å². The molecular formula is C15H17FN2OS. The number of anilines is 1. The minimum atomic E-state index is -0.321. The smallest absolute Gasteiger partial charge is 0.128 e. The molecule has 3 nitrogen and oxygen atoms in total. The molecule has 2 rings (SSSR count). The van der Waals surface area contributed by atoms with Crippen molar-refractivity contribution in [1.29, 1.82) is 0 Å². The van der Waals surface area contributed by atoms with Gasteiger partial charge in [-0.3, -0.25) is 4.98 Å². The Morgan fingerprint density at radius 1 is 1.30 bits per heavy atom. The van der Waals surface area contributed by atoms with Gasteiger partial charge in [-0.25, -0.2) is 4.39 Å². The highest BCUT2D eigenvalue weighted by Crippen LogP contribution is 2.30. The number of halogens is 1. The molecule has 1 aromatic carbocycles. The van der Waals surface area contributed by atoms with Crippen LogP contribution in [0, 0.1) is 19.7 Å². The number of nitrogen functional groups attached to an aromatic ring is 1. The van der Waals surface area contributed by atoms with Crippen LogP contribution in [0.4, 0.5) is 10.1 Å². The average Bonchev–Trinajstić information content (AvgIpc) is 2.37. The van der Waals surface area contributed by atoms with Gasteiger partial charge in [-0.05, 0) is 32.0 Å². The molecule has 0 amide bonds. The standard InChI is InChI=1S/C15H17FN2OS/c1-9-7-18-14(10(2)15(9)19-3)8-20-13-5-11(16)4-12(17)6-13/h4-7H,8,17H2,1-3H3. The normalized spacial score (nSPS) is 10.6. The van der Waals surface area contributed by atoms with Gasteiger partial charge in [0.15, 0.2) is 0 Å². The van der Waals surface area contributed by atoms with E-state index in [1.54, 1.807) is 19.4 Å². The predicted octanol–water partition coefficient (Wildman–Crippen LogP) is 3.72. The Hall–Kier alpha value is -1.75. The zero-order chi connectivity index (χ0) is 14.7. The first-order valence-corrected chi connectivity index (χ1v) is 7.17. The first-order valence-electron chi connectivity index (χ1n) is 6.19. The summed E-state index contributed by atoms with van der Waals surface area (Å²) in [7, 11) is 1.65. The Morgan fingerprint density at radius 3 is 2.70 bits per heavy atom. The molecule has 0 atom stereocenters. The summed E-state index contributed by atoms with van der Waals surface area (Å²) in [6.07, 6.45) is 1.79. The quantitative estimate of drug-likeness (QED) is 0.689. The number of aryl methyl sites for hydroxylation is 1. The van der Waals surface area contributed by atoms with E-state index in [1.165, 1.54) is 23.9 Å². The van der Waals surface area contributed by atoms with Crippen LogP contribution in [0.3, 0.4) is 0 Å². The number of hydrogen-bond acceptors (Lipinski definition) is 4. The van der Waals surface area contributed by atoms with Crippen molar-refractivity contribution < 1.29 is 9.13 Å². The third-order valence-electron chi connectivity index (χ3n) is 3.02. The molecule has 0 aliphatic heterocycles. The molecule has 2 N–H and O–H groups in total. The molecule has 0 fully saturated rings. The number of nitrogens with two attached hydrogens (primary N) is 1. The second-order valence-corrected chi connectivity index (χ2v) is 5.60. The lowest BCUT2D eigenvalue weighted by Crippen LogP contribution is -1.98. The molecule has 0 saturated carbocycles. The first kappa shape index (κ1) is 14.7. The maximum absolute atomic E-state index is 13.3. The highest BCUT2D eigenvalue weighted by atomic mass is 32.2. The first-order chi connectivity index (χ1) is 9.51. The van der Waals surface area contributed by atoms with Gasteiger partial charge >= 0.3 is 0 Å². The predicted molar refractivity (Wildman–Crippen MR) is 80.6 cm³/mol. The zero-order valence-electron chi connectivity index (χ0n) is 11.7. The summed E-state index contributed by atoms with van der Waals surface area (Å²) in [6, 6.07) is 4.54. The van der Waals surface area contributed by atoms with Crippen molar-refractivity contribution in [2.24, 2.45) is 0 Å². The van der Waals surface area contributed by atoms with Crippen molar-refractivity contribution in [1.82, 2.24) is 4.98 Å². The fourth-order valence-electron chi connectivity index (χ4n) is 2.04. The van der Waals surface area contributed by atoms with E-state index in [0.717, 1.165) is 27.5 Å². The van der Waals surface area contributed by atoms with Gasteiger partial charge in [0.25, 0.3) is 0 Å². The number of hydrogen-bond donors (Lipinski definition) is 1. The van der Waals surface area contributed by atoms with Crippen LogP contribution in [0.2, 0.25) is 0 Å². The molecule has 2 aromatic rings. The van der Waals surface area contributed by atoms with Gasteiger partial charge in [-0.2, -0.15) is 0 Å². The van der Waals surface area contributed by atoms with Crippen molar-refractivity contribution in [2.75, 3.05) is 12.8 Å². The summed E-state index contributed by atoms with van der Waals surface area (Å²) in [4.78, 5) is 5.22. The van der Waals surface area contributed by atoms with Crippen LogP contribution in [0.25, 0.3) is 0 Å². The van der Waals surface area contributed by atoms with Gasteiger partial charge in [-0.15, -0.1) is 11.8 Å². The Morgan fingerprint density at radius 2 is 2.05 bits per heavy atom. The minimum absolute atomic E-state index is 0.321. The summed E-state index contributed by atoms with van der Waals surface area (Å²) in [5, 5.41) is 0. The summed E-state index contributed by atoms with van der Waals surface area (Å²) < 4.78 is 18.7. The summed E-state index contributed by atoms with van der Waals surface area (Å²) >= 11 is 1.50. The second kappa shape index (κ2) is 6.13. The fourth-order valence-corrected chi connectivity index (χ4v) is 3.05. The second-order valence-electron chi connectivity index (χ2n) is 4.56. The molecule has 1 aromatic heterocycles. The van der Waals surface area contributed by atoms with E-state index in [-0.39, 0.29) is 5.82 Å². The SMILES string of the molecule is COc1c(C)cnc(CSc2cc(N)cc(F)c2)c1C. The van der Waals surface area contributed by atoms with E-state index in [4.69, 9.17) is 10.5 Å². The largest absolute Gasteiger partial charge is 0.496 e. The summed E-state index contributed by atoms with van der Waals surface area (Å²) in [6.45, 7) is 3.94. The van der Waals surface area contributed by atoms with E-state index in [9.17, 15) is 4.39 Å². The van der Waals surface area contributed by atoms with Crippen LogP contribution >= 0.6 is 11.8 Å². The number of pyridine rings is 1. The number of ether oxygens (including phenoxy) is 1. The lowest BCUT2D eigenvalue weighted by Gasteiger charge is -2.12. The molecule has 0 spiro atoms. The van der Waals surface area contributed by atoms with Crippen molar-refractivity contribution in [3.05, 3.63) is 47.0 Å². The maximum atomic E-state index is 13.3. The number of rotatable bonds is 4. The molecule has 0 aliphatic rings. The van der Waals surface area contributed by atoms with Gasteiger partial charge in [0.05, 0.1) is 12.8 Å². The lowest BCUT2D eigenvalue weighted by atomic mass is 10.1. The topological polar surface area (TPSA) is 48.1 Å². The number of thioether (sulfide) groups is 1. The van der Waals surface area contributed by atoms with E-state index in [2.05, 4.69) is 4.98 Å². The van der Waals surface area contributed by atoms with Crippen LogP contribution < -0.4 is 10.5 Å². The summed E-state index contributed by atoms with van der Waals surface area (Å²) in [5.74, 6) is 1.18. The highest BCUT2D eigenvalue weighted by molar-refractivity contribution is 7.98. The Labute approximate surface area is 122 Å². The van der Waals surface area contributed by atoms with E-state index in [1.807, 2.05) is 13.8 Å². The molecule has 1 heterocycles. The van der Waals surface area contributed by atoms with Crippen LogP contribution in [-0.2, 0) is 5.75 Å². The molecule has 20 heavy (non-hydrogen) atoms. The molecule has 5 heteroatoms. The van der Waals surface area contributed by atoms with Crippen molar-refractivity contribution in [2.45, 2.75) is 24.5 Å². The third kappa shape index (κ3) is 3.22. The Kier molecular flexibility index (Phi) is 4.49. The molecular weight excluding hydrogens is 275 g/mol. The summed E-state index contributed by atoms with van der Waals surface area (Å²) in [5.41, 5.74) is 9.02. The van der Waals surface area contributed by atoms with E-state index < -0.39 is 0 Å². The number of nitrogens with zero attached hydrogens (tertiary/aromatic N) is 1. The lowest BCUT2D eigenvalue weighted by molar-refractivity contribution is 0.407. The van der Waals surface area contributed by atoms with Gasteiger partial charge in [0, 0.05) is 33.7 Å². The number of benzene rings is 1. The Balaban J connectivity index is 2.19. The van der Waals surface area contributed by atoms with E-state index in [0.29, 0.717) is 11.4 Å².